The third-order valence-electron chi connectivity index (χ3n) is 3.51. The van der Waals surface area contributed by atoms with Gasteiger partial charge in [0.05, 0.1) is 19.3 Å². The molecular weight excluding hydrogens is 306 g/mol. The first-order valence-corrected chi connectivity index (χ1v) is 8.17. The van der Waals surface area contributed by atoms with Gasteiger partial charge >= 0.3 is 0 Å². The van der Waals surface area contributed by atoms with Crippen LogP contribution in [0.4, 0.5) is 0 Å². The predicted molar refractivity (Wildman–Crippen MR) is 93.3 cm³/mol. The third kappa shape index (κ3) is 5.53. The highest BCUT2D eigenvalue weighted by Gasteiger charge is 2.08. The molecule has 5 heteroatoms. The van der Waals surface area contributed by atoms with Gasteiger partial charge in [-0.2, -0.15) is 0 Å². The maximum Gasteiger partial charge on any atom is 0.161 e. The van der Waals surface area contributed by atoms with E-state index in [-0.39, 0.29) is 13.2 Å². The molecule has 5 nitrogen and oxygen atoms in total. The second kappa shape index (κ2) is 9.93. The minimum absolute atomic E-state index is 0.0355. The minimum atomic E-state index is -0.537. The van der Waals surface area contributed by atoms with Crippen LogP contribution in [0.25, 0.3) is 0 Å². The molecule has 3 N–H and O–H groups in total. The summed E-state index contributed by atoms with van der Waals surface area (Å²) in [6.45, 7) is 3.74. The van der Waals surface area contributed by atoms with Crippen LogP contribution in [0.15, 0.2) is 48.5 Å². The second-order valence-corrected chi connectivity index (χ2v) is 5.34. The number of benzene rings is 2. The zero-order valence-electron chi connectivity index (χ0n) is 13.9. The van der Waals surface area contributed by atoms with E-state index in [9.17, 15) is 5.11 Å². The molecular formula is C19H25NO4. The van der Waals surface area contributed by atoms with Crippen LogP contribution in [0.5, 0.6) is 11.5 Å². The van der Waals surface area contributed by atoms with Gasteiger partial charge in [0, 0.05) is 13.1 Å². The molecule has 24 heavy (non-hydrogen) atoms. The summed E-state index contributed by atoms with van der Waals surface area (Å²) in [6.07, 6.45) is -0.537. The van der Waals surface area contributed by atoms with Crippen LogP contribution in [0, 0.1) is 0 Å². The molecule has 0 radical (unpaired) electrons. The summed E-state index contributed by atoms with van der Waals surface area (Å²) < 4.78 is 11.0. The smallest absolute Gasteiger partial charge is 0.161 e. The maximum absolute atomic E-state index is 10.1. The second-order valence-electron chi connectivity index (χ2n) is 5.34. The highest BCUT2D eigenvalue weighted by molar-refractivity contribution is 5.43. The molecule has 2 aromatic rings. The highest BCUT2D eigenvalue weighted by Crippen LogP contribution is 2.28. The van der Waals surface area contributed by atoms with E-state index in [0.717, 1.165) is 11.1 Å². The Balaban J connectivity index is 1.91. The van der Waals surface area contributed by atoms with Crippen molar-refractivity contribution in [3.05, 3.63) is 59.7 Å². The van der Waals surface area contributed by atoms with E-state index in [1.165, 1.54) is 0 Å². The molecule has 2 aromatic carbocycles. The van der Waals surface area contributed by atoms with Crippen LogP contribution in [0.2, 0.25) is 0 Å². The maximum atomic E-state index is 10.1. The van der Waals surface area contributed by atoms with E-state index >= 15 is 0 Å². The van der Waals surface area contributed by atoms with Gasteiger partial charge in [0.15, 0.2) is 11.5 Å². The van der Waals surface area contributed by atoms with E-state index in [0.29, 0.717) is 31.2 Å². The Hall–Kier alpha value is -2.08. The zero-order valence-corrected chi connectivity index (χ0v) is 13.9. The summed E-state index contributed by atoms with van der Waals surface area (Å²) in [7, 11) is 0. The Labute approximate surface area is 142 Å². The molecule has 1 unspecified atom stereocenters. The first-order chi connectivity index (χ1) is 11.7. The van der Waals surface area contributed by atoms with Crippen LogP contribution >= 0.6 is 0 Å². The standard InChI is InChI=1S/C19H25NO4/c1-2-23-19-12-15(8-9-18(19)24-11-10-21)13-20-14-17(22)16-6-4-3-5-7-16/h3-9,12,17,20-22H,2,10-11,13-14H2,1H3. The van der Waals surface area contributed by atoms with E-state index < -0.39 is 6.10 Å². The van der Waals surface area contributed by atoms with Gasteiger partial charge in [0.2, 0.25) is 0 Å². The largest absolute Gasteiger partial charge is 0.490 e. The lowest BCUT2D eigenvalue weighted by molar-refractivity contribution is 0.174. The summed E-state index contributed by atoms with van der Waals surface area (Å²) in [5.41, 5.74) is 1.93. The van der Waals surface area contributed by atoms with Crippen molar-refractivity contribution in [3.63, 3.8) is 0 Å². The summed E-state index contributed by atoms with van der Waals surface area (Å²) in [5.74, 6) is 1.29. The van der Waals surface area contributed by atoms with E-state index in [1.54, 1.807) is 0 Å². The summed E-state index contributed by atoms with van der Waals surface area (Å²) in [5, 5.41) is 22.3. The van der Waals surface area contributed by atoms with Crippen LogP contribution in [-0.2, 0) is 6.54 Å². The Bertz CT molecular complexity index is 604. The van der Waals surface area contributed by atoms with Crippen LogP contribution in [0.1, 0.15) is 24.2 Å². The van der Waals surface area contributed by atoms with Crippen molar-refractivity contribution in [2.75, 3.05) is 26.4 Å². The molecule has 0 aliphatic carbocycles. The molecule has 0 bridgehead atoms. The zero-order chi connectivity index (χ0) is 17.2. The fraction of sp³-hybridized carbons (Fsp3) is 0.368. The first-order valence-electron chi connectivity index (χ1n) is 8.17. The fourth-order valence-electron chi connectivity index (χ4n) is 2.35. The van der Waals surface area contributed by atoms with Gasteiger partial charge in [-0.25, -0.2) is 0 Å². The van der Waals surface area contributed by atoms with Crippen molar-refractivity contribution >= 4 is 0 Å². The summed E-state index contributed by atoms with van der Waals surface area (Å²) in [4.78, 5) is 0. The van der Waals surface area contributed by atoms with Crippen molar-refractivity contribution in [3.8, 4) is 11.5 Å². The van der Waals surface area contributed by atoms with Crippen molar-refractivity contribution in [2.45, 2.75) is 19.6 Å². The number of hydrogen-bond donors (Lipinski definition) is 3. The van der Waals surface area contributed by atoms with E-state index in [1.807, 2.05) is 55.5 Å². The third-order valence-corrected chi connectivity index (χ3v) is 3.51. The van der Waals surface area contributed by atoms with E-state index in [2.05, 4.69) is 5.32 Å². The Morgan fingerprint density at radius 3 is 2.54 bits per heavy atom. The SMILES string of the molecule is CCOc1cc(CNCC(O)c2ccccc2)ccc1OCCO. The lowest BCUT2D eigenvalue weighted by Gasteiger charge is -2.14. The first kappa shape index (κ1) is 18.3. The van der Waals surface area contributed by atoms with Crippen LogP contribution < -0.4 is 14.8 Å². The molecule has 0 saturated heterocycles. The topological polar surface area (TPSA) is 71.0 Å². The van der Waals surface area contributed by atoms with Gasteiger partial charge < -0.3 is 25.0 Å². The Morgan fingerprint density at radius 1 is 1.04 bits per heavy atom. The average Bonchev–Trinajstić information content (AvgIpc) is 2.62. The molecule has 1 atom stereocenters. The van der Waals surface area contributed by atoms with Crippen molar-refractivity contribution in [1.29, 1.82) is 0 Å². The van der Waals surface area contributed by atoms with Crippen LogP contribution in [-0.4, -0.2) is 36.6 Å². The predicted octanol–water partition coefficient (Wildman–Crippen LogP) is 2.28. The van der Waals surface area contributed by atoms with Gasteiger partial charge in [-0.15, -0.1) is 0 Å². The molecule has 0 aliphatic heterocycles. The molecule has 0 aliphatic rings. The quantitative estimate of drug-likeness (QED) is 0.623. The van der Waals surface area contributed by atoms with Gasteiger partial charge in [-0.1, -0.05) is 36.4 Å². The van der Waals surface area contributed by atoms with Gasteiger partial charge in [-0.05, 0) is 30.2 Å². The fourth-order valence-corrected chi connectivity index (χ4v) is 2.35. The number of hydrogen-bond acceptors (Lipinski definition) is 5. The molecule has 0 fully saturated rings. The van der Waals surface area contributed by atoms with E-state index in [4.69, 9.17) is 14.6 Å². The van der Waals surface area contributed by atoms with Gasteiger partial charge in [0.25, 0.3) is 0 Å². The molecule has 0 amide bonds. The average molecular weight is 331 g/mol. The number of aliphatic hydroxyl groups is 2. The molecule has 2 rings (SSSR count). The number of rotatable bonds is 10. The van der Waals surface area contributed by atoms with Gasteiger partial charge in [0.1, 0.15) is 6.61 Å². The summed E-state index contributed by atoms with van der Waals surface area (Å²) >= 11 is 0. The minimum Gasteiger partial charge on any atom is -0.490 e. The summed E-state index contributed by atoms with van der Waals surface area (Å²) in [6, 6.07) is 15.3. The lowest BCUT2D eigenvalue weighted by Crippen LogP contribution is -2.21. The van der Waals surface area contributed by atoms with Gasteiger partial charge in [-0.3, -0.25) is 0 Å². The highest BCUT2D eigenvalue weighted by atomic mass is 16.5. The molecule has 130 valence electrons. The molecule has 0 heterocycles. The monoisotopic (exact) mass is 331 g/mol. The number of aliphatic hydroxyl groups excluding tert-OH is 2. The Kier molecular flexibility index (Phi) is 7.55. The number of nitrogens with one attached hydrogen (secondary N) is 1. The Morgan fingerprint density at radius 2 is 1.83 bits per heavy atom. The number of ether oxygens (including phenoxy) is 2. The molecule has 0 saturated carbocycles. The molecule has 0 aromatic heterocycles. The normalized spacial score (nSPS) is 12.0. The van der Waals surface area contributed by atoms with Crippen LogP contribution in [0.3, 0.4) is 0 Å². The van der Waals surface area contributed by atoms with Crippen molar-refractivity contribution in [2.24, 2.45) is 0 Å². The van der Waals surface area contributed by atoms with Crippen molar-refractivity contribution < 1.29 is 19.7 Å². The lowest BCUT2D eigenvalue weighted by atomic mass is 10.1. The van der Waals surface area contributed by atoms with Crippen molar-refractivity contribution in [1.82, 2.24) is 5.32 Å². The molecule has 0 spiro atoms.